The number of nitrogens with one attached hydrogen (secondary N) is 1. The molecule has 0 amide bonds. The second-order valence-corrected chi connectivity index (χ2v) is 6.55. The quantitative estimate of drug-likeness (QED) is 0.437. The smallest absolute Gasteiger partial charge is 0.198 e. The Labute approximate surface area is 154 Å². The van der Waals surface area contributed by atoms with Crippen molar-refractivity contribution in [1.29, 1.82) is 0 Å². The van der Waals surface area contributed by atoms with Crippen molar-refractivity contribution in [2.75, 3.05) is 24.5 Å². The number of hydrogen-bond donors (Lipinski definition) is 1. The zero-order valence-electron chi connectivity index (χ0n) is 15.2. The summed E-state index contributed by atoms with van der Waals surface area (Å²) in [5, 5.41) is 3.45. The van der Waals surface area contributed by atoms with Gasteiger partial charge in [0, 0.05) is 31.9 Å². The lowest BCUT2D eigenvalue weighted by Gasteiger charge is -2.22. The van der Waals surface area contributed by atoms with Crippen molar-refractivity contribution >= 4 is 22.7 Å². The van der Waals surface area contributed by atoms with Crippen LogP contribution in [0.2, 0.25) is 0 Å². The first-order chi connectivity index (χ1) is 12.9. The molecule has 0 radical (unpaired) electrons. The number of aryl methyl sites for hydroxylation is 1. The number of rotatable bonds is 5. The number of benzene rings is 2. The molecule has 0 atom stereocenters. The summed E-state index contributed by atoms with van der Waals surface area (Å²) >= 11 is 0. The zero-order valence-corrected chi connectivity index (χ0v) is 15.2. The Kier molecular flexibility index (Phi) is 4.86. The summed E-state index contributed by atoms with van der Waals surface area (Å²) in [5.74, 6) is 0.993. The number of para-hydroxylation sites is 3. The van der Waals surface area contributed by atoms with Crippen LogP contribution in [0.5, 0.6) is 0 Å². The highest BCUT2D eigenvalue weighted by Crippen LogP contribution is 2.27. The molecule has 1 aromatic heterocycles. The summed E-state index contributed by atoms with van der Waals surface area (Å²) in [6, 6.07) is 16.9. The fraction of sp³-hybridized carbons (Fsp3) is 0.333. The van der Waals surface area contributed by atoms with E-state index in [0.717, 1.165) is 50.5 Å². The second kappa shape index (κ2) is 7.60. The molecule has 5 heteroatoms. The molecule has 134 valence electrons. The Morgan fingerprint density at radius 3 is 2.92 bits per heavy atom. The molecular formula is C21H25N5. The minimum atomic E-state index is 0.799. The van der Waals surface area contributed by atoms with Gasteiger partial charge < -0.3 is 14.8 Å². The topological polar surface area (TPSA) is 45.5 Å². The van der Waals surface area contributed by atoms with Gasteiger partial charge in [-0.1, -0.05) is 30.3 Å². The maximum atomic E-state index is 4.87. The molecule has 3 aromatic rings. The predicted molar refractivity (Wildman–Crippen MR) is 108 cm³/mol. The summed E-state index contributed by atoms with van der Waals surface area (Å²) in [6.45, 7) is 5.73. The summed E-state index contributed by atoms with van der Waals surface area (Å²) in [5.41, 5.74) is 4.94. The molecule has 2 heterocycles. The van der Waals surface area contributed by atoms with Gasteiger partial charge in [-0.2, -0.15) is 0 Å². The monoisotopic (exact) mass is 347 g/mol. The van der Waals surface area contributed by atoms with Gasteiger partial charge in [0.05, 0.1) is 17.4 Å². The first-order valence-corrected chi connectivity index (χ1v) is 9.40. The molecule has 4 rings (SSSR count). The normalized spacial score (nSPS) is 14.0. The molecule has 0 aliphatic carbocycles. The molecule has 0 bridgehead atoms. The van der Waals surface area contributed by atoms with Crippen molar-refractivity contribution in [2.24, 2.45) is 4.99 Å². The van der Waals surface area contributed by atoms with Crippen LogP contribution in [0.1, 0.15) is 18.9 Å². The number of anilines is 1. The lowest BCUT2D eigenvalue weighted by molar-refractivity contribution is 0.664. The Balaban J connectivity index is 1.42. The molecule has 0 fully saturated rings. The van der Waals surface area contributed by atoms with Crippen LogP contribution in [-0.2, 0) is 13.0 Å². The van der Waals surface area contributed by atoms with Gasteiger partial charge in [0.2, 0.25) is 0 Å². The van der Waals surface area contributed by atoms with E-state index in [0.29, 0.717) is 0 Å². The van der Waals surface area contributed by atoms with Crippen molar-refractivity contribution < 1.29 is 0 Å². The molecule has 1 aliphatic heterocycles. The molecule has 5 nitrogen and oxygen atoms in total. The van der Waals surface area contributed by atoms with E-state index in [9.17, 15) is 0 Å². The molecule has 1 N–H and O–H groups in total. The van der Waals surface area contributed by atoms with E-state index in [1.807, 2.05) is 12.4 Å². The van der Waals surface area contributed by atoms with E-state index in [-0.39, 0.29) is 0 Å². The van der Waals surface area contributed by atoms with Crippen LogP contribution in [0.3, 0.4) is 0 Å². The highest BCUT2D eigenvalue weighted by molar-refractivity contribution is 5.97. The van der Waals surface area contributed by atoms with Crippen LogP contribution in [0.4, 0.5) is 5.69 Å². The molecule has 26 heavy (non-hydrogen) atoms. The Bertz CT molecular complexity index is 911. The van der Waals surface area contributed by atoms with E-state index in [4.69, 9.17) is 4.99 Å². The number of aromatic nitrogens is 2. The summed E-state index contributed by atoms with van der Waals surface area (Å²) in [4.78, 5) is 11.6. The molecule has 0 saturated heterocycles. The average molecular weight is 347 g/mol. The van der Waals surface area contributed by atoms with Crippen LogP contribution < -0.4 is 10.2 Å². The molecular weight excluding hydrogens is 322 g/mol. The van der Waals surface area contributed by atoms with E-state index in [1.165, 1.54) is 16.8 Å². The largest absolute Gasteiger partial charge is 0.356 e. The van der Waals surface area contributed by atoms with Gasteiger partial charge in [0.25, 0.3) is 0 Å². The molecule has 0 saturated carbocycles. The minimum Gasteiger partial charge on any atom is -0.356 e. The third-order valence-corrected chi connectivity index (χ3v) is 4.82. The fourth-order valence-corrected chi connectivity index (χ4v) is 3.57. The average Bonchev–Trinajstić information content (AvgIpc) is 3.29. The summed E-state index contributed by atoms with van der Waals surface area (Å²) in [6.07, 6.45) is 4.00. The van der Waals surface area contributed by atoms with Gasteiger partial charge in [-0.3, -0.25) is 4.99 Å². The molecule has 0 unspecified atom stereocenters. The van der Waals surface area contributed by atoms with Gasteiger partial charge in [-0.05, 0) is 43.5 Å². The summed E-state index contributed by atoms with van der Waals surface area (Å²) < 4.78 is 2.21. The van der Waals surface area contributed by atoms with Crippen LogP contribution in [-0.4, -0.2) is 35.1 Å². The number of guanidine groups is 1. The van der Waals surface area contributed by atoms with Gasteiger partial charge >= 0.3 is 0 Å². The van der Waals surface area contributed by atoms with Gasteiger partial charge in [-0.25, -0.2) is 4.98 Å². The van der Waals surface area contributed by atoms with Crippen LogP contribution in [0.25, 0.3) is 11.0 Å². The lowest BCUT2D eigenvalue weighted by Crippen LogP contribution is -2.40. The third-order valence-electron chi connectivity index (χ3n) is 4.82. The van der Waals surface area contributed by atoms with Crippen molar-refractivity contribution in [3.8, 4) is 0 Å². The Morgan fingerprint density at radius 1 is 1.15 bits per heavy atom. The van der Waals surface area contributed by atoms with E-state index in [2.05, 4.69) is 69.2 Å². The zero-order chi connectivity index (χ0) is 17.8. The van der Waals surface area contributed by atoms with Crippen molar-refractivity contribution in [1.82, 2.24) is 14.9 Å². The Morgan fingerprint density at radius 2 is 2.00 bits per heavy atom. The number of aliphatic imine (C=N–C) groups is 1. The van der Waals surface area contributed by atoms with Crippen LogP contribution >= 0.6 is 0 Å². The molecule has 2 aromatic carbocycles. The van der Waals surface area contributed by atoms with Gasteiger partial charge in [0.15, 0.2) is 5.96 Å². The second-order valence-electron chi connectivity index (χ2n) is 6.55. The van der Waals surface area contributed by atoms with E-state index < -0.39 is 0 Å². The fourth-order valence-electron chi connectivity index (χ4n) is 3.57. The predicted octanol–water partition coefficient (Wildman–Crippen LogP) is 3.45. The standard InChI is InChI=1S/C21H25N5/c1-2-22-21(26-15-12-17-8-3-5-10-19(17)26)23-13-7-14-25-16-24-18-9-4-6-11-20(18)25/h3-6,8-11,16H,2,7,12-15H2,1H3,(H,22,23). The third kappa shape index (κ3) is 3.29. The first kappa shape index (κ1) is 16.6. The number of imidazole rings is 1. The maximum Gasteiger partial charge on any atom is 0.198 e. The SMILES string of the molecule is CCNC(=NCCCn1cnc2ccccc21)N1CCc2ccccc21. The highest BCUT2D eigenvalue weighted by Gasteiger charge is 2.22. The van der Waals surface area contributed by atoms with Crippen molar-refractivity contribution in [2.45, 2.75) is 26.3 Å². The van der Waals surface area contributed by atoms with E-state index >= 15 is 0 Å². The van der Waals surface area contributed by atoms with Crippen molar-refractivity contribution in [3.05, 3.63) is 60.4 Å². The van der Waals surface area contributed by atoms with E-state index in [1.54, 1.807) is 0 Å². The number of fused-ring (bicyclic) bond motifs is 2. The van der Waals surface area contributed by atoms with Gasteiger partial charge in [-0.15, -0.1) is 0 Å². The highest BCUT2D eigenvalue weighted by atomic mass is 15.3. The number of hydrogen-bond acceptors (Lipinski definition) is 2. The summed E-state index contributed by atoms with van der Waals surface area (Å²) in [7, 11) is 0. The minimum absolute atomic E-state index is 0.799. The molecule has 1 aliphatic rings. The number of nitrogens with zero attached hydrogens (tertiary/aromatic N) is 4. The lowest BCUT2D eigenvalue weighted by atomic mass is 10.2. The van der Waals surface area contributed by atoms with Crippen LogP contribution in [0.15, 0.2) is 59.9 Å². The Hall–Kier alpha value is -2.82. The van der Waals surface area contributed by atoms with Gasteiger partial charge in [0.1, 0.15) is 0 Å². The molecule has 0 spiro atoms. The van der Waals surface area contributed by atoms with Crippen LogP contribution in [0, 0.1) is 0 Å². The maximum absolute atomic E-state index is 4.87. The van der Waals surface area contributed by atoms with Crippen molar-refractivity contribution in [3.63, 3.8) is 0 Å². The first-order valence-electron chi connectivity index (χ1n) is 9.40.